The predicted octanol–water partition coefficient (Wildman–Crippen LogP) is 1.94. The highest BCUT2D eigenvalue weighted by molar-refractivity contribution is 5.82. The summed E-state index contributed by atoms with van der Waals surface area (Å²) in [6, 6.07) is 1.80. The maximum atomic E-state index is 13.0. The molecule has 29 heavy (non-hydrogen) atoms. The van der Waals surface area contributed by atoms with E-state index in [2.05, 4.69) is 0 Å². The molecule has 7 heteroatoms. The van der Waals surface area contributed by atoms with Crippen molar-refractivity contribution in [1.29, 1.82) is 0 Å². The summed E-state index contributed by atoms with van der Waals surface area (Å²) >= 11 is 0. The minimum Gasteiger partial charge on any atom is -0.469 e. The van der Waals surface area contributed by atoms with Crippen molar-refractivity contribution in [2.75, 3.05) is 0 Å². The summed E-state index contributed by atoms with van der Waals surface area (Å²) in [4.78, 5) is 25.0. The number of rotatable bonds is 1. The van der Waals surface area contributed by atoms with E-state index in [9.17, 15) is 19.8 Å². The Labute approximate surface area is 169 Å². The average molecular weight is 404 g/mol. The summed E-state index contributed by atoms with van der Waals surface area (Å²) in [5.41, 5.74) is -2.44. The second-order valence-corrected chi connectivity index (χ2v) is 10.1. The molecule has 0 bridgehead atoms. The molecule has 7 nitrogen and oxygen atoms in total. The number of hydrogen-bond donors (Lipinski definition) is 2. The van der Waals surface area contributed by atoms with Crippen LogP contribution in [-0.2, 0) is 25.5 Å². The molecule has 2 N–H and O–H groups in total. The zero-order chi connectivity index (χ0) is 20.9. The lowest BCUT2D eigenvalue weighted by Gasteiger charge is -2.68. The van der Waals surface area contributed by atoms with Crippen LogP contribution in [0.1, 0.15) is 57.8 Å². The first-order valence-corrected chi connectivity index (χ1v) is 10.4. The lowest BCUT2D eigenvalue weighted by atomic mass is 9.39. The maximum Gasteiger partial charge on any atom is 0.314 e. The molecular formula is C22H28O7. The van der Waals surface area contributed by atoms with Crippen molar-refractivity contribution in [2.24, 2.45) is 22.7 Å². The standard InChI is InChI=1S/C22H28O7/c1-10(23)28-18-17-16-12(9-13-11(6-8-27-13)15(16)19(25)29-17)21(4)14(24)5-7-20(2,3)22(18,21)26/h6,8,12,14-18,24,26H,5,7,9H2,1-4H3/t12-,14?,15+,16+,17+,18?,21-,22+/m0/s1. The molecule has 1 aliphatic heterocycles. The van der Waals surface area contributed by atoms with Crippen molar-refractivity contribution in [1.82, 2.24) is 0 Å². The molecule has 1 saturated heterocycles. The van der Waals surface area contributed by atoms with Gasteiger partial charge >= 0.3 is 11.9 Å². The summed E-state index contributed by atoms with van der Waals surface area (Å²) in [6.07, 6.45) is 0.544. The average Bonchev–Trinajstić information content (AvgIpc) is 3.24. The minimum absolute atomic E-state index is 0.256. The van der Waals surface area contributed by atoms with Crippen LogP contribution in [0.25, 0.3) is 0 Å². The third-order valence-electron chi connectivity index (χ3n) is 8.62. The Balaban J connectivity index is 1.77. The molecule has 1 aromatic heterocycles. The Morgan fingerprint density at radius 3 is 2.72 bits per heavy atom. The Hall–Kier alpha value is -1.86. The van der Waals surface area contributed by atoms with Gasteiger partial charge in [-0.05, 0) is 30.2 Å². The topological polar surface area (TPSA) is 106 Å². The van der Waals surface area contributed by atoms with Gasteiger partial charge in [-0.3, -0.25) is 9.59 Å². The first-order chi connectivity index (χ1) is 13.5. The molecule has 4 aliphatic rings. The molecule has 2 heterocycles. The number of aliphatic hydroxyl groups is 2. The van der Waals surface area contributed by atoms with Gasteiger partial charge in [0.1, 0.15) is 17.5 Å². The van der Waals surface area contributed by atoms with Gasteiger partial charge in [0.25, 0.3) is 0 Å². The zero-order valence-corrected chi connectivity index (χ0v) is 17.2. The molecule has 3 aliphatic carbocycles. The van der Waals surface area contributed by atoms with E-state index in [1.165, 1.54) is 6.92 Å². The van der Waals surface area contributed by atoms with Crippen LogP contribution in [0.2, 0.25) is 0 Å². The van der Waals surface area contributed by atoms with Gasteiger partial charge in [-0.15, -0.1) is 0 Å². The van der Waals surface area contributed by atoms with Crippen LogP contribution < -0.4 is 0 Å². The number of carbonyl (C=O) groups is 2. The Morgan fingerprint density at radius 1 is 1.31 bits per heavy atom. The quantitative estimate of drug-likeness (QED) is 0.689. The van der Waals surface area contributed by atoms with Gasteiger partial charge in [-0.25, -0.2) is 0 Å². The second-order valence-electron chi connectivity index (χ2n) is 10.1. The van der Waals surface area contributed by atoms with Gasteiger partial charge in [0.05, 0.1) is 18.3 Å². The summed E-state index contributed by atoms with van der Waals surface area (Å²) in [5.74, 6) is -1.31. The normalized spacial score (nSPS) is 46.9. The lowest BCUT2D eigenvalue weighted by Crippen LogP contribution is -2.79. The van der Waals surface area contributed by atoms with Crippen LogP contribution >= 0.6 is 0 Å². The van der Waals surface area contributed by atoms with Crippen molar-refractivity contribution in [3.8, 4) is 0 Å². The number of hydrogen-bond acceptors (Lipinski definition) is 7. The van der Waals surface area contributed by atoms with Crippen molar-refractivity contribution in [3.63, 3.8) is 0 Å². The molecule has 0 radical (unpaired) electrons. The number of ether oxygens (including phenoxy) is 2. The third-order valence-corrected chi connectivity index (χ3v) is 8.62. The van der Waals surface area contributed by atoms with E-state index in [0.717, 1.165) is 5.56 Å². The highest BCUT2D eigenvalue weighted by Crippen LogP contribution is 2.69. The van der Waals surface area contributed by atoms with E-state index in [4.69, 9.17) is 13.9 Å². The summed E-state index contributed by atoms with van der Waals surface area (Å²) < 4.78 is 17.2. The van der Waals surface area contributed by atoms with E-state index in [1.54, 1.807) is 12.3 Å². The van der Waals surface area contributed by atoms with Crippen LogP contribution in [0.5, 0.6) is 0 Å². The molecule has 2 saturated carbocycles. The molecular weight excluding hydrogens is 376 g/mol. The predicted molar refractivity (Wildman–Crippen MR) is 99.6 cm³/mol. The van der Waals surface area contributed by atoms with Crippen LogP contribution in [0.4, 0.5) is 0 Å². The Bertz CT molecular complexity index is 887. The minimum atomic E-state index is -1.57. The van der Waals surface area contributed by atoms with Crippen molar-refractivity contribution < 1.29 is 33.7 Å². The van der Waals surface area contributed by atoms with Gasteiger partial charge < -0.3 is 24.1 Å². The van der Waals surface area contributed by atoms with Crippen LogP contribution in [-0.4, -0.2) is 46.1 Å². The number of carbonyl (C=O) groups excluding carboxylic acids is 2. The number of aliphatic hydroxyl groups excluding tert-OH is 1. The SMILES string of the molecule is CC(=O)OC1[C@@H]2OC(=O)[C@@H]3c4ccoc4C[C@@H]([C@H]32)[C@@]2(C)C(O)CCC(C)(C)[C@]12O. The van der Waals surface area contributed by atoms with Gasteiger partial charge in [-0.2, -0.15) is 0 Å². The van der Waals surface area contributed by atoms with E-state index in [-0.39, 0.29) is 17.8 Å². The molecule has 8 atom stereocenters. The lowest BCUT2D eigenvalue weighted by molar-refractivity contribution is -0.330. The van der Waals surface area contributed by atoms with E-state index in [1.807, 2.05) is 20.8 Å². The highest BCUT2D eigenvalue weighted by Gasteiger charge is 2.78. The molecule has 0 amide bonds. The van der Waals surface area contributed by atoms with Gasteiger partial charge in [-0.1, -0.05) is 20.8 Å². The number of esters is 2. The fourth-order valence-corrected chi connectivity index (χ4v) is 7.19. The summed E-state index contributed by atoms with van der Waals surface area (Å²) in [6.45, 7) is 7.04. The molecule has 0 aromatic carbocycles. The van der Waals surface area contributed by atoms with Gasteiger partial charge in [0.2, 0.25) is 0 Å². The molecule has 158 valence electrons. The highest BCUT2D eigenvalue weighted by atomic mass is 16.6. The molecule has 3 fully saturated rings. The van der Waals surface area contributed by atoms with Gasteiger partial charge in [0.15, 0.2) is 6.10 Å². The van der Waals surface area contributed by atoms with E-state index >= 15 is 0 Å². The van der Waals surface area contributed by atoms with Crippen LogP contribution in [0, 0.1) is 22.7 Å². The van der Waals surface area contributed by atoms with Crippen molar-refractivity contribution in [3.05, 3.63) is 23.7 Å². The summed E-state index contributed by atoms with van der Waals surface area (Å²) in [5, 5.41) is 23.6. The molecule has 2 unspecified atom stereocenters. The first kappa shape index (κ1) is 19.1. The largest absolute Gasteiger partial charge is 0.469 e. The Kier molecular flexibility index (Phi) is 3.72. The smallest absolute Gasteiger partial charge is 0.314 e. The van der Waals surface area contributed by atoms with E-state index in [0.29, 0.717) is 25.0 Å². The molecule has 1 aromatic rings. The van der Waals surface area contributed by atoms with Crippen LogP contribution in [0.15, 0.2) is 16.7 Å². The molecule has 5 rings (SSSR count). The zero-order valence-electron chi connectivity index (χ0n) is 17.2. The summed E-state index contributed by atoms with van der Waals surface area (Å²) in [7, 11) is 0. The Morgan fingerprint density at radius 2 is 2.03 bits per heavy atom. The van der Waals surface area contributed by atoms with Crippen molar-refractivity contribution in [2.45, 2.75) is 76.8 Å². The van der Waals surface area contributed by atoms with Crippen molar-refractivity contribution >= 4 is 11.9 Å². The maximum absolute atomic E-state index is 13.0. The van der Waals surface area contributed by atoms with Crippen LogP contribution in [0.3, 0.4) is 0 Å². The fraction of sp³-hybridized carbons (Fsp3) is 0.727. The fourth-order valence-electron chi connectivity index (χ4n) is 7.19. The number of furan rings is 1. The van der Waals surface area contributed by atoms with E-state index < -0.39 is 46.6 Å². The third kappa shape index (κ3) is 2.05. The second kappa shape index (κ2) is 5.64. The van der Waals surface area contributed by atoms with Gasteiger partial charge in [0, 0.05) is 30.2 Å². The first-order valence-electron chi connectivity index (χ1n) is 10.4. The molecule has 0 spiro atoms. The monoisotopic (exact) mass is 404 g/mol. The number of fused-ring (bicyclic) bond motifs is 4.